The Hall–Kier alpha value is -2.29. The van der Waals surface area contributed by atoms with Crippen molar-refractivity contribution in [1.29, 1.82) is 0 Å². The number of hydrogen-bond acceptors (Lipinski definition) is 2. The molecule has 146 valence electrons. The predicted molar refractivity (Wildman–Crippen MR) is 83.6 cm³/mol. The second kappa shape index (κ2) is 6.70. The van der Waals surface area contributed by atoms with Crippen LogP contribution in [0.15, 0.2) is 30.3 Å². The van der Waals surface area contributed by atoms with Crippen LogP contribution in [0.3, 0.4) is 0 Å². The second-order valence-electron chi connectivity index (χ2n) is 6.21. The zero-order valence-corrected chi connectivity index (χ0v) is 13.7. The van der Waals surface area contributed by atoms with E-state index in [1.165, 1.54) is 0 Å². The van der Waals surface area contributed by atoms with Gasteiger partial charge >= 0.3 is 12.4 Å². The summed E-state index contributed by atoms with van der Waals surface area (Å²) in [4.78, 5) is 0. The van der Waals surface area contributed by atoms with E-state index in [1.54, 1.807) is 0 Å². The molecule has 0 saturated carbocycles. The fourth-order valence-corrected chi connectivity index (χ4v) is 3.07. The molecule has 3 rings (SSSR count). The molecule has 2 nitrogen and oxygen atoms in total. The van der Waals surface area contributed by atoms with E-state index in [-0.39, 0.29) is 23.9 Å². The summed E-state index contributed by atoms with van der Waals surface area (Å²) in [6, 6.07) is 3.22. The fraction of sp³-hybridized carbons (Fsp3) is 0.333. The molecule has 0 aliphatic carbocycles. The molecule has 0 amide bonds. The molecule has 27 heavy (non-hydrogen) atoms. The Labute approximate surface area is 149 Å². The van der Waals surface area contributed by atoms with Gasteiger partial charge in [-0.05, 0) is 48.2 Å². The van der Waals surface area contributed by atoms with Crippen LogP contribution in [0.5, 0.6) is 5.75 Å². The van der Waals surface area contributed by atoms with Crippen LogP contribution in [0.25, 0.3) is 11.1 Å². The maximum absolute atomic E-state index is 14.0. The summed E-state index contributed by atoms with van der Waals surface area (Å²) < 4.78 is 98.5. The van der Waals surface area contributed by atoms with Crippen LogP contribution in [-0.4, -0.2) is 12.6 Å². The molecule has 0 fully saturated rings. The summed E-state index contributed by atoms with van der Waals surface area (Å²) in [6.07, 6.45) is -9.68. The van der Waals surface area contributed by atoms with E-state index in [1.807, 2.05) is 0 Å². The third-order valence-electron chi connectivity index (χ3n) is 4.36. The molecule has 1 aliphatic rings. The third kappa shape index (κ3) is 3.87. The summed E-state index contributed by atoms with van der Waals surface area (Å²) in [5.74, 6) is -0.782. The summed E-state index contributed by atoms with van der Waals surface area (Å²) in [7, 11) is 0. The minimum atomic E-state index is -5.07. The van der Waals surface area contributed by atoms with Gasteiger partial charge < -0.3 is 10.5 Å². The van der Waals surface area contributed by atoms with Gasteiger partial charge in [-0.3, -0.25) is 0 Å². The highest BCUT2D eigenvalue weighted by Gasteiger charge is 2.39. The minimum absolute atomic E-state index is 0.0170. The van der Waals surface area contributed by atoms with Gasteiger partial charge in [0.2, 0.25) is 0 Å². The number of fused-ring (bicyclic) bond motifs is 1. The molecule has 2 aromatic rings. The zero-order valence-electron chi connectivity index (χ0n) is 13.7. The molecule has 0 radical (unpaired) electrons. The highest BCUT2D eigenvalue weighted by molar-refractivity contribution is 5.76. The van der Waals surface area contributed by atoms with Crippen LogP contribution < -0.4 is 10.5 Å². The molecule has 0 saturated heterocycles. The van der Waals surface area contributed by atoms with Crippen molar-refractivity contribution in [3.63, 3.8) is 0 Å². The summed E-state index contributed by atoms with van der Waals surface area (Å²) in [5, 5.41) is 0. The number of rotatable bonds is 2. The first kappa shape index (κ1) is 19.5. The van der Waals surface area contributed by atoms with Gasteiger partial charge in [0.05, 0.1) is 11.1 Å². The van der Waals surface area contributed by atoms with Gasteiger partial charge in [-0.15, -0.1) is 0 Å². The molecule has 1 heterocycles. The van der Waals surface area contributed by atoms with Gasteiger partial charge in [0.15, 0.2) is 0 Å². The van der Waals surface area contributed by atoms with Crippen LogP contribution >= 0.6 is 0 Å². The Balaban J connectivity index is 2.24. The van der Waals surface area contributed by atoms with Crippen molar-refractivity contribution in [3.8, 4) is 16.9 Å². The lowest BCUT2D eigenvalue weighted by atomic mass is 9.91. The van der Waals surface area contributed by atoms with Crippen molar-refractivity contribution in [1.82, 2.24) is 0 Å². The molecule has 1 aliphatic heterocycles. The average Bonchev–Trinajstić information content (AvgIpc) is 2.58. The molecule has 0 unspecified atom stereocenters. The maximum Gasteiger partial charge on any atom is 0.417 e. The Morgan fingerprint density at radius 1 is 0.963 bits per heavy atom. The number of benzene rings is 2. The van der Waals surface area contributed by atoms with E-state index in [0.29, 0.717) is 30.5 Å². The topological polar surface area (TPSA) is 35.2 Å². The molecule has 1 atom stereocenters. The molecule has 0 spiro atoms. The van der Waals surface area contributed by atoms with Gasteiger partial charge in [0.25, 0.3) is 0 Å². The van der Waals surface area contributed by atoms with Crippen LogP contribution in [0.4, 0.5) is 30.7 Å². The number of alkyl halides is 6. The molecule has 0 aromatic heterocycles. The summed E-state index contributed by atoms with van der Waals surface area (Å²) >= 11 is 0. The van der Waals surface area contributed by atoms with Crippen molar-refractivity contribution in [3.05, 3.63) is 52.8 Å². The average molecular weight is 393 g/mol. The zero-order chi connectivity index (χ0) is 20.0. The van der Waals surface area contributed by atoms with Gasteiger partial charge in [0.1, 0.15) is 17.7 Å². The first-order valence-corrected chi connectivity index (χ1v) is 7.98. The normalized spacial score (nSPS) is 17.4. The van der Waals surface area contributed by atoms with Crippen molar-refractivity contribution >= 4 is 0 Å². The van der Waals surface area contributed by atoms with Crippen LogP contribution in [0.1, 0.15) is 23.1 Å². The summed E-state index contributed by atoms with van der Waals surface area (Å²) in [6.45, 7) is 0.107. The Bertz CT molecular complexity index is 858. The number of aryl methyl sites for hydroxylation is 1. The molecule has 0 bridgehead atoms. The first-order valence-electron chi connectivity index (χ1n) is 7.98. The lowest BCUT2D eigenvalue weighted by molar-refractivity contribution is -0.142. The van der Waals surface area contributed by atoms with E-state index < -0.39 is 41.0 Å². The number of halogens is 7. The van der Waals surface area contributed by atoms with E-state index in [0.717, 1.165) is 12.1 Å². The third-order valence-corrected chi connectivity index (χ3v) is 4.36. The van der Waals surface area contributed by atoms with Gasteiger partial charge in [-0.1, -0.05) is 6.07 Å². The van der Waals surface area contributed by atoms with Crippen molar-refractivity contribution in [2.24, 2.45) is 5.73 Å². The highest BCUT2D eigenvalue weighted by Crippen LogP contribution is 2.45. The predicted octanol–water partition coefficient (Wildman–Crippen LogP) is 5.18. The Kier molecular flexibility index (Phi) is 4.83. The van der Waals surface area contributed by atoms with Crippen molar-refractivity contribution < 1.29 is 35.5 Å². The van der Waals surface area contributed by atoms with Gasteiger partial charge in [-0.25, -0.2) is 4.39 Å². The van der Waals surface area contributed by atoms with Crippen LogP contribution in [0.2, 0.25) is 0 Å². The molecule has 9 heteroatoms. The number of ether oxygens (including phenoxy) is 1. The molecular formula is C18H14F7NO. The van der Waals surface area contributed by atoms with Crippen LogP contribution in [-0.2, 0) is 18.8 Å². The lowest BCUT2D eigenvalue weighted by Crippen LogP contribution is -2.30. The van der Waals surface area contributed by atoms with Crippen LogP contribution in [0, 0.1) is 5.82 Å². The number of nitrogens with two attached hydrogens (primary N) is 1. The SMILES string of the molecule is NC[C@H]1CCc2cc(F)cc(-c3ccc(C(F)(F)F)cc3C(F)(F)F)c2O1. The van der Waals surface area contributed by atoms with E-state index in [9.17, 15) is 30.7 Å². The van der Waals surface area contributed by atoms with Gasteiger partial charge in [-0.2, -0.15) is 26.3 Å². The molecule has 2 N–H and O–H groups in total. The Morgan fingerprint density at radius 3 is 2.26 bits per heavy atom. The quantitative estimate of drug-likeness (QED) is 0.714. The molecular weight excluding hydrogens is 379 g/mol. The monoisotopic (exact) mass is 393 g/mol. The number of hydrogen-bond donors (Lipinski definition) is 1. The second-order valence-corrected chi connectivity index (χ2v) is 6.21. The maximum atomic E-state index is 14.0. The van der Waals surface area contributed by atoms with E-state index in [4.69, 9.17) is 10.5 Å². The lowest BCUT2D eigenvalue weighted by Gasteiger charge is -2.28. The minimum Gasteiger partial charge on any atom is -0.488 e. The van der Waals surface area contributed by atoms with E-state index >= 15 is 0 Å². The standard InChI is InChI=1S/C18H14F7NO/c19-11-5-9-1-3-12(8-26)27-16(9)14(7-11)13-4-2-10(17(20,21)22)6-15(13)18(23,24)25/h2,4-7,12H,1,3,8,26H2/t12-/m1/s1. The largest absolute Gasteiger partial charge is 0.488 e. The van der Waals surface area contributed by atoms with Crippen molar-refractivity contribution in [2.75, 3.05) is 6.54 Å². The fourth-order valence-electron chi connectivity index (χ4n) is 3.07. The first-order chi connectivity index (χ1) is 12.5. The Morgan fingerprint density at radius 2 is 1.67 bits per heavy atom. The smallest absolute Gasteiger partial charge is 0.417 e. The summed E-state index contributed by atoms with van der Waals surface area (Å²) in [5.41, 5.74) is 2.12. The van der Waals surface area contributed by atoms with E-state index in [2.05, 4.69) is 0 Å². The highest BCUT2D eigenvalue weighted by atomic mass is 19.4. The molecule has 2 aromatic carbocycles. The van der Waals surface area contributed by atoms with Gasteiger partial charge in [0, 0.05) is 12.1 Å². The van der Waals surface area contributed by atoms with Crippen molar-refractivity contribution in [2.45, 2.75) is 31.3 Å².